The van der Waals surface area contributed by atoms with E-state index in [9.17, 15) is 0 Å². The molecule has 0 fully saturated rings. The Hall–Kier alpha value is -2.78. The van der Waals surface area contributed by atoms with E-state index in [1.54, 1.807) is 0 Å². The number of halogens is 1. The second kappa shape index (κ2) is 7.69. The van der Waals surface area contributed by atoms with Crippen molar-refractivity contribution < 1.29 is 17.0 Å². The Labute approximate surface area is 173 Å². The van der Waals surface area contributed by atoms with Crippen LogP contribution in [0.1, 0.15) is 16.7 Å². The van der Waals surface area contributed by atoms with Gasteiger partial charge in [-0.3, -0.25) is 0 Å². The van der Waals surface area contributed by atoms with Gasteiger partial charge in [-0.15, -0.1) is 0 Å². The lowest BCUT2D eigenvalue weighted by molar-refractivity contribution is -0.594. The summed E-state index contributed by atoms with van der Waals surface area (Å²) in [5, 5.41) is 0. The molecular weight excluding hydrogens is 366 g/mol. The van der Waals surface area contributed by atoms with Gasteiger partial charge in [0.1, 0.15) is 17.6 Å². The van der Waals surface area contributed by atoms with Crippen molar-refractivity contribution in [1.82, 2.24) is 4.40 Å². The highest BCUT2D eigenvalue weighted by molar-refractivity contribution is 5.77. The maximum Gasteiger partial charge on any atom is 0.254 e. The molecule has 0 aliphatic rings. The van der Waals surface area contributed by atoms with Crippen molar-refractivity contribution in [2.45, 2.75) is 20.8 Å². The second-order valence-electron chi connectivity index (χ2n) is 7.52. The fourth-order valence-corrected chi connectivity index (χ4v) is 4.07. The number of nitrogens with zero attached hydrogens (tertiary/aromatic N) is 3. The third-order valence-corrected chi connectivity index (χ3v) is 5.13. The molecule has 3 nitrogen and oxygen atoms in total. The van der Waals surface area contributed by atoms with Crippen LogP contribution in [-0.4, -0.2) is 18.5 Å². The molecular formula is C24H26ClN3. The third kappa shape index (κ3) is 3.38. The van der Waals surface area contributed by atoms with Crippen LogP contribution >= 0.6 is 0 Å². The first kappa shape index (κ1) is 20.0. The van der Waals surface area contributed by atoms with Gasteiger partial charge in [0.05, 0.1) is 0 Å². The number of aryl methyl sites for hydroxylation is 3. The molecule has 0 spiro atoms. The summed E-state index contributed by atoms with van der Waals surface area (Å²) >= 11 is 0. The predicted octanol–water partition coefficient (Wildman–Crippen LogP) is 1.88. The molecule has 4 aromatic rings. The van der Waals surface area contributed by atoms with Crippen LogP contribution in [0.3, 0.4) is 0 Å². The lowest BCUT2D eigenvalue weighted by atomic mass is 10.1. The van der Waals surface area contributed by atoms with E-state index in [2.05, 4.69) is 116 Å². The number of pyridine rings is 1. The average molecular weight is 392 g/mol. The Morgan fingerprint density at radius 2 is 1.54 bits per heavy atom. The van der Waals surface area contributed by atoms with Gasteiger partial charge >= 0.3 is 0 Å². The van der Waals surface area contributed by atoms with Crippen molar-refractivity contribution in [2.24, 2.45) is 0 Å². The van der Waals surface area contributed by atoms with E-state index in [0.29, 0.717) is 0 Å². The summed E-state index contributed by atoms with van der Waals surface area (Å²) in [6, 6.07) is 19.5. The van der Waals surface area contributed by atoms with E-state index in [4.69, 9.17) is 0 Å². The lowest BCUT2D eigenvalue weighted by Gasteiger charge is -2.16. The quantitative estimate of drug-likeness (QED) is 0.485. The SMILES string of the molecule is Cc1cc(C)c(-[n+]2cc3cccc(-c4ccccc4N(C)C)n3c2)c(C)c1.[Cl-]. The average Bonchev–Trinajstić information content (AvgIpc) is 3.04. The third-order valence-electron chi connectivity index (χ3n) is 5.13. The van der Waals surface area contributed by atoms with E-state index >= 15 is 0 Å². The van der Waals surface area contributed by atoms with Gasteiger partial charge in [-0.05, 0) is 56.2 Å². The maximum atomic E-state index is 2.28. The van der Waals surface area contributed by atoms with E-state index in [1.807, 2.05) is 0 Å². The monoisotopic (exact) mass is 391 g/mol. The zero-order chi connectivity index (χ0) is 19.1. The van der Waals surface area contributed by atoms with Gasteiger partial charge in [-0.1, -0.05) is 35.9 Å². The first-order valence-electron chi connectivity index (χ1n) is 9.33. The van der Waals surface area contributed by atoms with Crippen LogP contribution in [-0.2, 0) is 0 Å². The Bertz CT molecular complexity index is 1120. The second-order valence-corrected chi connectivity index (χ2v) is 7.52. The summed E-state index contributed by atoms with van der Waals surface area (Å²) in [5.74, 6) is 0. The molecule has 0 unspecified atom stereocenters. The number of benzene rings is 2. The molecule has 0 saturated carbocycles. The Morgan fingerprint density at radius 3 is 2.21 bits per heavy atom. The predicted molar refractivity (Wildman–Crippen MR) is 113 cm³/mol. The Kier molecular flexibility index (Phi) is 5.48. The van der Waals surface area contributed by atoms with Gasteiger partial charge in [-0.2, -0.15) is 4.40 Å². The number of aromatic nitrogens is 2. The van der Waals surface area contributed by atoms with E-state index < -0.39 is 0 Å². The summed E-state index contributed by atoms with van der Waals surface area (Å²) in [4.78, 5) is 2.17. The number of anilines is 1. The highest BCUT2D eigenvalue weighted by Crippen LogP contribution is 2.30. The molecule has 2 aromatic heterocycles. The smallest absolute Gasteiger partial charge is 0.254 e. The largest absolute Gasteiger partial charge is 1.00 e. The fraction of sp³-hybridized carbons (Fsp3) is 0.208. The Morgan fingerprint density at radius 1 is 0.857 bits per heavy atom. The minimum absolute atomic E-state index is 0. The maximum absolute atomic E-state index is 2.28. The number of imidazole rings is 1. The molecule has 0 bridgehead atoms. The van der Waals surface area contributed by atoms with Gasteiger partial charge < -0.3 is 17.3 Å². The van der Waals surface area contributed by atoms with E-state index in [-0.39, 0.29) is 12.4 Å². The molecule has 2 aromatic carbocycles. The molecule has 144 valence electrons. The normalized spacial score (nSPS) is 10.8. The minimum Gasteiger partial charge on any atom is -1.00 e. The summed E-state index contributed by atoms with van der Waals surface area (Å²) in [6.07, 6.45) is 4.41. The van der Waals surface area contributed by atoms with E-state index in [0.717, 1.165) is 0 Å². The van der Waals surface area contributed by atoms with Crippen LogP contribution in [0.15, 0.2) is 67.1 Å². The first-order valence-corrected chi connectivity index (χ1v) is 9.33. The van der Waals surface area contributed by atoms with Crippen molar-refractivity contribution in [2.75, 3.05) is 19.0 Å². The van der Waals surface area contributed by atoms with Crippen LogP contribution in [0.4, 0.5) is 5.69 Å². The molecule has 0 aliphatic heterocycles. The van der Waals surface area contributed by atoms with Crippen molar-refractivity contribution in [3.63, 3.8) is 0 Å². The molecule has 0 aliphatic carbocycles. The number of hydrogen-bond acceptors (Lipinski definition) is 1. The molecule has 0 saturated heterocycles. The van der Waals surface area contributed by atoms with Crippen molar-refractivity contribution in [3.05, 3.63) is 83.8 Å². The topological polar surface area (TPSA) is 11.5 Å². The molecule has 0 N–H and O–H groups in total. The fourth-order valence-electron chi connectivity index (χ4n) is 4.07. The molecule has 2 heterocycles. The summed E-state index contributed by atoms with van der Waals surface area (Å²) < 4.78 is 4.53. The van der Waals surface area contributed by atoms with Crippen molar-refractivity contribution in [1.29, 1.82) is 0 Å². The van der Waals surface area contributed by atoms with Gasteiger partial charge in [0.25, 0.3) is 6.33 Å². The molecule has 4 rings (SSSR count). The van der Waals surface area contributed by atoms with Gasteiger partial charge in [-0.25, -0.2) is 4.57 Å². The van der Waals surface area contributed by atoms with Crippen LogP contribution in [0.5, 0.6) is 0 Å². The van der Waals surface area contributed by atoms with Gasteiger partial charge in [0.2, 0.25) is 0 Å². The van der Waals surface area contributed by atoms with Crippen LogP contribution in [0.25, 0.3) is 22.5 Å². The van der Waals surface area contributed by atoms with Crippen LogP contribution < -0.4 is 21.9 Å². The zero-order valence-electron chi connectivity index (χ0n) is 17.1. The molecule has 0 atom stereocenters. The van der Waals surface area contributed by atoms with Crippen LogP contribution in [0.2, 0.25) is 0 Å². The molecule has 4 heteroatoms. The van der Waals surface area contributed by atoms with Crippen molar-refractivity contribution in [3.8, 4) is 16.9 Å². The Balaban J connectivity index is 0.00000225. The van der Waals surface area contributed by atoms with Crippen molar-refractivity contribution >= 4 is 11.2 Å². The lowest BCUT2D eigenvalue weighted by Crippen LogP contribution is -3.00. The number of fused-ring (bicyclic) bond motifs is 1. The summed E-state index contributed by atoms with van der Waals surface area (Å²) in [6.45, 7) is 6.53. The number of hydrogen-bond donors (Lipinski definition) is 0. The zero-order valence-corrected chi connectivity index (χ0v) is 17.8. The summed E-state index contributed by atoms with van der Waals surface area (Å²) in [7, 11) is 4.18. The molecule has 28 heavy (non-hydrogen) atoms. The highest BCUT2D eigenvalue weighted by atomic mass is 35.5. The van der Waals surface area contributed by atoms with Crippen LogP contribution in [0, 0.1) is 20.8 Å². The van der Waals surface area contributed by atoms with Gasteiger partial charge in [0, 0.05) is 25.3 Å². The number of para-hydroxylation sites is 1. The van der Waals surface area contributed by atoms with Gasteiger partial charge in [0.15, 0.2) is 5.52 Å². The summed E-state index contributed by atoms with van der Waals surface area (Å²) in [5.41, 5.74) is 9.97. The minimum atomic E-state index is 0. The van der Waals surface area contributed by atoms with E-state index in [1.165, 1.54) is 44.8 Å². The first-order chi connectivity index (χ1) is 13.0. The molecule has 0 amide bonds. The number of rotatable bonds is 3. The highest BCUT2D eigenvalue weighted by Gasteiger charge is 2.18. The standard InChI is InChI=1S/C24H26N3.ClH/c1-17-13-18(2)24(19(3)14-17)26-15-20-9-8-12-23(27(20)16-26)21-10-6-7-11-22(21)25(4)5;/h6-16H,1-5H3;1H/q+1;/p-1. The molecule has 0 radical (unpaired) electrons.